The standard InChI is InChI=1S/C8H14O7/c1-8(7(13)14)6(12)4(11)5(15-8)3(10)2-9/h3-6,9-12H,2H2,1H3,(H,13,14)/t3?,4-,5-,6+,8+/m0/s1. The summed E-state index contributed by atoms with van der Waals surface area (Å²) >= 11 is 0. The van der Waals surface area contributed by atoms with Crippen LogP contribution in [0.4, 0.5) is 0 Å². The summed E-state index contributed by atoms with van der Waals surface area (Å²) in [5, 5.41) is 45.5. The Hall–Kier alpha value is -0.730. The molecular formula is C8H14O7. The van der Waals surface area contributed by atoms with Crippen LogP contribution in [-0.2, 0) is 9.53 Å². The first-order chi connectivity index (χ1) is 6.84. The molecule has 5 atom stereocenters. The molecule has 1 aliphatic heterocycles. The van der Waals surface area contributed by atoms with Gasteiger partial charge in [0.2, 0.25) is 0 Å². The SMILES string of the molecule is C[C@@]1(C(=O)O)O[C@@H](C(O)CO)[C@H](O)[C@H]1O. The van der Waals surface area contributed by atoms with Gasteiger partial charge in [-0.05, 0) is 6.92 Å². The highest BCUT2D eigenvalue weighted by Crippen LogP contribution is 2.32. The smallest absolute Gasteiger partial charge is 0.338 e. The summed E-state index contributed by atoms with van der Waals surface area (Å²) in [5.74, 6) is -1.44. The van der Waals surface area contributed by atoms with Crippen LogP contribution in [0.2, 0.25) is 0 Å². The highest BCUT2D eigenvalue weighted by molar-refractivity contribution is 5.78. The average Bonchev–Trinajstić information content (AvgIpc) is 2.43. The van der Waals surface area contributed by atoms with Gasteiger partial charge in [-0.15, -0.1) is 0 Å². The fourth-order valence-electron chi connectivity index (χ4n) is 1.51. The number of hydrogen-bond donors (Lipinski definition) is 5. The largest absolute Gasteiger partial charge is 0.479 e. The third-order valence-electron chi connectivity index (χ3n) is 2.60. The molecule has 7 nitrogen and oxygen atoms in total. The van der Waals surface area contributed by atoms with E-state index in [1.54, 1.807) is 0 Å². The van der Waals surface area contributed by atoms with Crippen molar-refractivity contribution in [3.8, 4) is 0 Å². The zero-order valence-corrected chi connectivity index (χ0v) is 8.07. The Balaban J connectivity index is 2.89. The number of hydrogen-bond acceptors (Lipinski definition) is 6. The van der Waals surface area contributed by atoms with Crippen LogP contribution >= 0.6 is 0 Å². The van der Waals surface area contributed by atoms with Crippen LogP contribution in [0, 0.1) is 0 Å². The molecule has 15 heavy (non-hydrogen) atoms. The van der Waals surface area contributed by atoms with Gasteiger partial charge in [-0.2, -0.15) is 0 Å². The minimum atomic E-state index is -1.97. The zero-order chi connectivity index (χ0) is 11.8. The van der Waals surface area contributed by atoms with E-state index < -0.39 is 42.6 Å². The van der Waals surface area contributed by atoms with E-state index in [0.29, 0.717) is 0 Å². The summed E-state index contributed by atoms with van der Waals surface area (Å²) < 4.78 is 4.88. The van der Waals surface area contributed by atoms with Gasteiger partial charge in [0.15, 0.2) is 5.60 Å². The molecule has 1 unspecified atom stereocenters. The van der Waals surface area contributed by atoms with Gasteiger partial charge in [-0.1, -0.05) is 0 Å². The Kier molecular flexibility index (Phi) is 3.31. The van der Waals surface area contributed by atoms with Crippen molar-refractivity contribution in [3.63, 3.8) is 0 Å². The van der Waals surface area contributed by atoms with Crippen LogP contribution in [-0.4, -0.2) is 68.1 Å². The summed E-state index contributed by atoms with van der Waals surface area (Å²) in [4.78, 5) is 10.8. The summed E-state index contributed by atoms with van der Waals surface area (Å²) in [6.45, 7) is 0.400. The molecule has 1 aliphatic rings. The van der Waals surface area contributed by atoms with Crippen molar-refractivity contribution in [2.24, 2.45) is 0 Å². The molecule has 0 amide bonds. The second-order valence-corrected chi connectivity index (χ2v) is 3.68. The Bertz CT molecular complexity index is 255. The molecule has 0 saturated carbocycles. The van der Waals surface area contributed by atoms with Crippen LogP contribution in [0.25, 0.3) is 0 Å². The van der Waals surface area contributed by atoms with Gasteiger partial charge in [0.1, 0.15) is 24.4 Å². The Labute approximate surface area is 85.5 Å². The van der Waals surface area contributed by atoms with Gasteiger partial charge in [-0.25, -0.2) is 4.79 Å². The molecule has 7 heteroatoms. The molecule has 0 bridgehead atoms. The monoisotopic (exact) mass is 222 g/mol. The van der Waals surface area contributed by atoms with Gasteiger partial charge in [-0.3, -0.25) is 0 Å². The third-order valence-corrected chi connectivity index (χ3v) is 2.60. The quantitative estimate of drug-likeness (QED) is 0.351. The predicted octanol–water partition coefficient (Wildman–Crippen LogP) is -2.70. The molecular weight excluding hydrogens is 208 g/mol. The number of carboxylic acids is 1. The number of carbonyl (C=O) groups is 1. The van der Waals surface area contributed by atoms with Crippen LogP contribution < -0.4 is 0 Å². The van der Waals surface area contributed by atoms with Gasteiger partial charge in [0, 0.05) is 0 Å². The normalized spacial score (nSPS) is 42.9. The minimum Gasteiger partial charge on any atom is -0.479 e. The van der Waals surface area contributed by atoms with Crippen LogP contribution in [0.3, 0.4) is 0 Å². The average molecular weight is 222 g/mol. The van der Waals surface area contributed by atoms with Crippen molar-refractivity contribution in [1.29, 1.82) is 0 Å². The lowest BCUT2D eigenvalue weighted by Crippen LogP contribution is -2.47. The molecule has 1 saturated heterocycles. The van der Waals surface area contributed by atoms with E-state index in [4.69, 9.17) is 14.9 Å². The number of rotatable bonds is 3. The predicted molar refractivity (Wildman–Crippen MR) is 46.0 cm³/mol. The molecule has 88 valence electrons. The van der Waals surface area contributed by atoms with E-state index >= 15 is 0 Å². The van der Waals surface area contributed by atoms with E-state index in [1.807, 2.05) is 0 Å². The first-order valence-corrected chi connectivity index (χ1v) is 4.41. The lowest BCUT2D eigenvalue weighted by Gasteiger charge is -2.22. The number of aliphatic hydroxyl groups is 4. The molecule has 0 aromatic rings. The maximum absolute atomic E-state index is 10.8. The van der Waals surface area contributed by atoms with Gasteiger partial charge in [0.05, 0.1) is 6.61 Å². The van der Waals surface area contributed by atoms with Crippen molar-refractivity contribution in [3.05, 3.63) is 0 Å². The molecule has 1 rings (SSSR count). The molecule has 0 radical (unpaired) electrons. The molecule has 0 aliphatic carbocycles. The van der Waals surface area contributed by atoms with Gasteiger partial charge >= 0.3 is 5.97 Å². The van der Waals surface area contributed by atoms with E-state index in [9.17, 15) is 20.1 Å². The van der Waals surface area contributed by atoms with Crippen LogP contribution in [0.5, 0.6) is 0 Å². The fraction of sp³-hybridized carbons (Fsp3) is 0.875. The maximum atomic E-state index is 10.8. The second kappa shape index (κ2) is 4.03. The van der Waals surface area contributed by atoms with Crippen molar-refractivity contribution >= 4 is 5.97 Å². The summed E-state index contributed by atoms with van der Waals surface area (Å²) in [7, 11) is 0. The maximum Gasteiger partial charge on any atom is 0.338 e. The van der Waals surface area contributed by atoms with E-state index in [-0.39, 0.29) is 0 Å². The van der Waals surface area contributed by atoms with Crippen LogP contribution in [0.1, 0.15) is 6.92 Å². The summed E-state index contributed by atoms with van der Waals surface area (Å²) in [6.07, 6.45) is -5.95. The highest BCUT2D eigenvalue weighted by atomic mass is 16.6. The number of carboxylic acid groups (broad SMARTS) is 1. The zero-order valence-electron chi connectivity index (χ0n) is 8.07. The third kappa shape index (κ3) is 1.84. The first-order valence-electron chi connectivity index (χ1n) is 4.41. The Morgan fingerprint density at radius 1 is 1.53 bits per heavy atom. The lowest BCUT2D eigenvalue weighted by atomic mass is 9.96. The Morgan fingerprint density at radius 2 is 2.07 bits per heavy atom. The highest BCUT2D eigenvalue weighted by Gasteiger charge is 2.57. The van der Waals surface area contributed by atoms with Crippen molar-refractivity contribution in [2.45, 2.75) is 36.9 Å². The Morgan fingerprint density at radius 3 is 2.40 bits per heavy atom. The molecule has 0 spiro atoms. The van der Waals surface area contributed by atoms with Gasteiger partial charge in [0.25, 0.3) is 0 Å². The van der Waals surface area contributed by atoms with Crippen molar-refractivity contribution in [2.75, 3.05) is 6.61 Å². The van der Waals surface area contributed by atoms with Gasteiger partial charge < -0.3 is 30.3 Å². The minimum absolute atomic E-state index is 0.690. The van der Waals surface area contributed by atoms with E-state index in [2.05, 4.69) is 0 Å². The number of aliphatic carboxylic acids is 1. The summed E-state index contributed by atoms with van der Waals surface area (Å²) in [6, 6.07) is 0. The fourth-order valence-corrected chi connectivity index (χ4v) is 1.51. The first kappa shape index (κ1) is 12.3. The molecule has 1 heterocycles. The number of ether oxygens (including phenoxy) is 1. The summed E-state index contributed by atoms with van der Waals surface area (Å²) in [5.41, 5.74) is -1.97. The van der Waals surface area contributed by atoms with E-state index in [0.717, 1.165) is 6.92 Å². The molecule has 0 aromatic heterocycles. The number of aliphatic hydroxyl groups excluding tert-OH is 4. The van der Waals surface area contributed by atoms with Crippen molar-refractivity contribution < 1.29 is 35.1 Å². The topological polar surface area (TPSA) is 127 Å². The second-order valence-electron chi connectivity index (χ2n) is 3.68. The van der Waals surface area contributed by atoms with E-state index in [1.165, 1.54) is 0 Å². The molecule has 0 aromatic carbocycles. The van der Waals surface area contributed by atoms with Crippen LogP contribution in [0.15, 0.2) is 0 Å². The molecule has 1 fully saturated rings. The lowest BCUT2D eigenvalue weighted by molar-refractivity contribution is -0.174. The van der Waals surface area contributed by atoms with Crippen molar-refractivity contribution in [1.82, 2.24) is 0 Å². The molecule has 5 N–H and O–H groups in total.